The molecule has 2 aliphatic rings. The maximum Gasteiger partial charge on any atom is 0.394 e. The third-order valence-electron chi connectivity index (χ3n) is 3.31. The Morgan fingerprint density at radius 3 is 2.40 bits per heavy atom. The van der Waals surface area contributed by atoms with Gasteiger partial charge in [0.1, 0.15) is 0 Å². The number of carbonyl (C=O) groups excluding carboxylic acids is 2. The third kappa shape index (κ3) is 1.83. The Morgan fingerprint density at radius 1 is 1.40 bits per heavy atom. The van der Waals surface area contributed by atoms with Crippen molar-refractivity contribution >= 4 is 27.2 Å². The summed E-state index contributed by atoms with van der Waals surface area (Å²) in [6.07, 6.45) is 0. The number of carbonyl (C=O) groups is 2. The highest BCUT2D eigenvalue weighted by molar-refractivity contribution is 7.93. The summed E-state index contributed by atoms with van der Waals surface area (Å²) in [5, 5.41) is -1.34. The van der Waals surface area contributed by atoms with Gasteiger partial charge in [-0.25, -0.2) is 8.42 Å². The molecule has 20 heavy (non-hydrogen) atoms. The summed E-state index contributed by atoms with van der Waals surface area (Å²) in [5.74, 6) is -1.37. The molecule has 2 aliphatic heterocycles. The van der Waals surface area contributed by atoms with Crippen molar-refractivity contribution in [3.8, 4) is 0 Å². The van der Waals surface area contributed by atoms with Gasteiger partial charge in [0.2, 0.25) is 5.37 Å². The van der Waals surface area contributed by atoms with Crippen molar-refractivity contribution in [2.75, 3.05) is 5.75 Å². The molecule has 1 amide bonds. The predicted octanol–water partition coefficient (Wildman–Crippen LogP) is 0.143. The molecule has 0 spiro atoms. The fourth-order valence-corrected chi connectivity index (χ4v) is 4.26. The number of sulfone groups is 1. The van der Waals surface area contributed by atoms with E-state index in [1.165, 1.54) is 6.92 Å². The summed E-state index contributed by atoms with van der Waals surface area (Å²) in [7, 11) is -3.67. The molecule has 0 N–H and O–H groups in total. The lowest BCUT2D eigenvalue weighted by molar-refractivity contribution is -0.138. The lowest BCUT2D eigenvalue weighted by Crippen LogP contribution is -2.68. The number of allylic oxidation sites excluding steroid dienone is 1. The van der Waals surface area contributed by atoms with E-state index in [-0.39, 0.29) is 17.2 Å². The van der Waals surface area contributed by atoms with Gasteiger partial charge < -0.3 is 5.53 Å². The topological polar surface area (TPSA) is 108 Å². The van der Waals surface area contributed by atoms with Crippen LogP contribution >= 0.6 is 0 Å². The summed E-state index contributed by atoms with van der Waals surface area (Å²) >= 11 is 0. The van der Waals surface area contributed by atoms with E-state index in [4.69, 9.17) is 5.53 Å². The van der Waals surface area contributed by atoms with E-state index in [0.717, 1.165) is 4.90 Å². The lowest BCUT2D eigenvalue weighted by atomic mass is 9.86. The van der Waals surface area contributed by atoms with E-state index in [2.05, 4.69) is 4.79 Å². The highest BCUT2D eigenvalue weighted by Crippen LogP contribution is 2.37. The average Bonchev–Trinajstić information content (AvgIpc) is 2.28. The van der Waals surface area contributed by atoms with Crippen LogP contribution in [0.2, 0.25) is 0 Å². The SMILES string of the molecule is CC1=C(C(=O)C(C)(C)C)N2C(=O)C(=[N+]=[N-])[C@@H]2S(=O)(=O)C1. The second-order valence-electron chi connectivity index (χ2n) is 6.03. The number of nitrogens with zero attached hydrogens (tertiary/aromatic N) is 3. The van der Waals surface area contributed by atoms with Crippen molar-refractivity contribution < 1.29 is 22.8 Å². The first-order valence-electron chi connectivity index (χ1n) is 6.04. The zero-order valence-electron chi connectivity index (χ0n) is 11.7. The molecule has 8 heteroatoms. The minimum Gasteiger partial charge on any atom is -0.361 e. The molecule has 7 nitrogen and oxygen atoms in total. The fourth-order valence-electron chi connectivity index (χ4n) is 2.35. The summed E-state index contributed by atoms with van der Waals surface area (Å²) in [5.41, 5.74) is 8.02. The van der Waals surface area contributed by atoms with Crippen molar-refractivity contribution in [2.45, 2.75) is 33.1 Å². The standard InChI is InChI=1S/C12H15N3O4S/c1-6-5-20(18,19)11-7(14-13)10(17)15(11)8(6)9(16)12(2,3)4/h11H,5H2,1-4H3/t11-/m0/s1. The molecular weight excluding hydrogens is 282 g/mol. The fraction of sp³-hybridized carbons (Fsp3) is 0.583. The highest BCUT2D eigenvalue weighted by Gasteiger charge is 2.63. The largest absolute Gasteiger partial charge is 0.394 e. The predicted molar refractivity (Wildman–Crippen MR) is 70.2 cm³/mol. The Hall–Kier alpha value is -1.79. The second-order valence-corrected chi connectivity index (χ2v) is 8.09. The first-order chi connectivity index (χ1) is 9.02. The lowest BCUT2D eigenvalue weighted by Gasteiger charge is -2.41. The molecule has 0 bridgehead atoms. The Kier molecular flexibility index (Phi) is 3.00. The maximum atomic E-state index is 12.4. The number of hydrogen-bond acceptors (Lipinski definition) is 4. The minimum absolute atomic E-state index is 0.106. The summed E-state index contributed by atoms with van der Waals surface area (Å²) in [4.78, 5) is 28.0. The summed E-state index contributed by atoms with van der Waals surface area (Å²) in [6, 6.07) is 0. The van der Waals surface area contributed by atoms with Crippen LogP contribution in [0.4, 0.5) is 0 Å². The second kappa shape index (κ2) is 4.10. The Morgan fingerprint density at radius 2 is 1.95 bits per heavy atom. The Labute approximate surface area is 116 Å². The van der Waals surface area contributed by atoms with E-state index >= 15 is 0 Å². The number of Topliss-reactive ketones (excluding diaryl/α,β-unsaturated/α-hetero) is 1. The van der Waals surface area contributed by atoms with Gasteiger partial charge in [-0.1, -0.05) is 20.8 Å². The van der Waals surface area contributed by atoms with Gasteiger partial charge in [-0.2, -0.15) is 4.79 Å². The molecule has 1 saturated heterocycles. The van der Waals surface area contributed by atoms with Crippen LogP contribution in [0.25, 0.3) is 5.53 Å². The number of ketones is 1. The van der Waals surface area contributed by atoms with E-state index in [0.29, 0.717) is 5.57 Å². The van der Waals surface area contributed by atoms with Crippen LogP contribution in [0.15, 0.2) is 11.3 Å². The molecule has 0 aromatic rings. The molecule has 0 radical (unpaired) electrons. The van der Waals surface area contributed by atoms with E-state index in [9.17, 15) is 18.0 Å². The smallest absolute Gasteiger partial charge is 0.361 e. The van der Waals surface area contributed by atoms with Crippen LogP contribution in [0.1, 0.15) is 27.7 Å². The van der Waals surface area contributed by atoms with Gasteiger partial charge in [-0.05, 0) is 12.5 Å². The average molecular weight is 297 g/mol. The van der Waals surface area contributed by atoms with Gasteiger partial charge in [0.25, 0.3) is 0 Å². The van der Waals surface area contributed by atoms with Crippen LogP contribution in [-0.2, 0) is 19.4 Å². The zero-order chi connectivity index (χ0) is 15.5. The van der Waals surface area contributed by atoms with Crippen LogP contribution < -0.4 is 0 Å². The first-order valence-corrected chi connectivity index (χ1v) is 7.75. The van der Waals surface area contributed by atoms with Gasteiger partial charge in [0, 0.05) is 5.41 Å². The van der Waals surface area contributed by atoms with Crippen molar-refractivity contribution in [1.82, 2.24) is 4.90 Å². The van der Waals surface area contributed by atoms with E-state index < -0.39 is 32.2 Å². The molecule has 108 valence electrons. The van der Waals surface area contributed by atoms with Gasteiger partial charge >= 0.3 is 11.6 Å². The van der Waals surface area contributed by atoms with Gasteiger partial charge in [-0.15, -0.1) is 0 Å². The Balaban J connectivity index is 2.63. The normalized spacial score (nSPS) is 25.0. The molecule has 0 unspecified atom stereocenters. The molecule has 2 rings (SSSR count). The number of rotatable bonds is 1. The van der Waals surface area contributed by atoms with Crippen molar-refractivity contribution in [3.05, 3.63) is 16.8 Å². The molecular formula is C12H15N3O4S. The van der Waals surface area contributed by atoms with E-state index in [1.54, 1.807) is 20.8 Å². The minimum atomic E-state index is -3.67. The van der Waals surface area contributed by atoms with Crippen LogP contribution in [0, 0.1) is 5.41 Å². The van der Waals surface area contributed by atoms with Gasteiger partial charge in [0.15, 0.2) is 15.6 Å². The number of β-lactam (4-membered cyclic amide) rings is 1. The molecule has 2 heterocycles. The summed E-state index contributed by atoms with van der Waals surface area (Å²) in [6.45, 7) is 6.60. The molecule has 0 saturated carbocycles. The van der Waals surface area contributed by atoms with Gasteiger partial charge in [-0.3, -0.25) is 14.5 Å². The number of amides is 1. The maximum absolute atomic E-state index is 12.4. The number of fused-ring (bicyclic) bond motifs is 1. The van der Waals surface area contributed by atoms with Crippen LogP contribution in [0.5, 0.6) is 0 Å². The molecule has 0 aromatic carbocycles. The van der Waals surface area contributed by atoms with E-state index in [1.807, 2.05) is 0 Å². The number of hydrogen-bond donors (Lipinski definition) is 0. The Bertz CT molecular complexity index is 705. The molecule has 0 aliphatic carbocycles. The third-order valence-corrected chi connectivity index (χ3v) is 5.26. The van der Waals surface area contributed by atoms with Crippen LogP contribution in [0.3, 0.4) is 0 Å². The monoisotopic (exact) mass is 297 g/mol. The quantitative estimate of drug-likeness (QED) is 0.389. The van der Waals surface area contributed by atoms with Gasteiger partial charge in [0.05, 0.1) is 11.4 Å². The molecule has 0 aromatic heterocycles. The van der Waals surface area contributed by atoms with Crippen molar-refractivity contribution in [1.29, 1.82) is 0 Å². The summed E-state index contributed by atoms with van der Waals surface area (Å²) < 4.78 is 24.1. The first kappa shape index (κ1) is 14.6. The highest BCUT2D eigenvalue weighted by atomic mass is 32.2. The zero-order valence-corrected chi connectivity index (χ0v) is 12.5. The molecule has 1 atom stereocenters. The van der Waals surface area contributed by atoms with Crippen molar-refractivity contribution in [3.63, 3.8) is 0 Å². The molecule has 1 fully saturated rings. The van der Waals surface area contributed by atoms with Crippen molar-refractivity contribution in [2.24, 2.45) is 5.41 Å². The van der Waals surface area contributed by atoms with Crippen LogP contribution in [-0.4, -0.2) is 46.6 Å².